The molecule has 5 aliphatic rings. The van der Waals surface area contributed by atoms with Gasteiger partial charge < -0.3 is 4.74 Å². The molecule has 1 aliphatic heterocycles. The van der Waals surface area contributed by atoms with Crippen LogP contribution in [0.3, 0.4) is 0 Å². The summed E-state index contributed by atoms with van der Waals surface area (Å²) in [6.07, 6.45) is 7.45. The zero-order chi connectivity index (χ0) is 13.9. The molecule has 0 radical (unpaired) electrons. The second-order valence-corrected chi connectivity index (χ2v) is 7.54. The highest BCUT2D eigenvalue weighted by Gasteiger charge is 2.62. The molecule has 3 heteroatoms. The summed E-state index contributed by atoms with van der Waals surface area (Å²) in [6.45, 7) is 8.18. The van der Waals surface area contributed by atoms with E-state index in [1.807, 2.05) is 6.92 Å². The maximum absolute atomic E-state index is 6.57. The van der Waals surface area contributed by atoms with Gasteiger partial charge in [-0.05, 0) is 62.9 Å². The second-order valence-electron chi connectivity index (χ2n) is 7.54. The van der Waals surface area contributed by atoms with E-state index in [-0.39, 0.29) is 12.2 Å². The van der Waals surface area contributed by atoms with Crippen LogP contribution >= 0.6 is 0 Å². The standard InChI is InChI=1S/C17H26O3/c1-4-15-16(10(2)3)19-20-17(18-15)13-6-11-5-12(8-13)9-14(17)7-11/h11-16H,2,4-9H2,1,3H3/t11?,12?,13?,14?,15-,16-,17?/m0/s1. The van der Waals surface area contributed by atoms with E-state index in [0.29, 0.717) is 11.8 Å². The average Bonchev–Trinajstić information content (AvgIpc) is 2.43. The summed E-state index contributed by atoms with van der Waals surface area (Å²) in [5.41, 5.74) is 0.996. The van der Waals surface area contributed by atoms with Crippen LogP contribution in [0.4, 0.5) is 0 Å². The first-order valence-electron chi connectivity index (χ1n) is 8.30. The van der Waals surface area contributed by atoms with Crippen molar-refractivity contribution in [1.29, 1.82) is 0 Å². The van der Waals surface area contributed by atoms with Crippen LogP contribution < -0.4 is 0 Å². The van der Waals surface area contributed by atoms with E-state index in [1.54, 1.807) is 0 Å². The van der Waals surface area contributed by atoms with E-state index in [2.05, 4.69) is 13.5 Å². The highest BCUT2D eigenvalue weighted by atomic mass is 17.2. The Kier molecular flexibility index (Phi) is 3.03. The smallest absolute Gasteiger partial charge is 0.207 e. The Morgan fingerprint density at radius 1 is 1.10 bits per heavy atom. The lowest BCUT2D eigenvalue weighted by Gasteiger charge is -2.61. The van der Waals surface area contributed by atoms with Crippen molar-refractivity contribution < 1.29 is 14.5 Å². The quantitative estimate of drug-likeness (QED) is 0.567. The predicted octanol–water partition coefficient (Wildman–Crippen LogP) is 3.84. The molecule has 1 saturated heterocycles. The molecule has 2 atom stereocenters. The number of rotatable bonds is 2. The lowest BCUT2D eigenvalue weighted by Crippen LogP contribution is -2.65. The van der Waals surface area contributed by atoms with Crippen LogP contribution in [0.15, 0.2) is 12.2 Å². The van der Waals surface area contributed by atoms with E-state index in [4.69, 9.17) is 14.5 Å². The van der Waals surface area contributed by atoms with Crippen LogP contribution in [0.1, 0.15) is 52.4 Å². The van der Waals surface area contributed by atoms with E-state index in [9.17, 15) is 0 Å². The molecule has 20 heavy (non-hydrogen) atoms. The van der Waals surface area contributed by atoms with Gasteiger partial charge in [0.15, 0.2) is 0 Å². The van der Waals surface area contributed by atoms with Crippen LogP contribution in [-0.4, -0.2) is 18.0 Å². The summed E-state index contributed by atoms with van der Waals surface area (Å²) in [4.78, 5) is 11.8. The van der Waals surface area contributed by atoms with Crippen LogP contribution in [0.2, 0.25) is 0 Å². The lowest BCUT2D eigenvalue weighted by atomic mass is 9.53. The van der Waals surface area contributed by atoms with Crippen molar-refractivity contribution in [2.24, 2.45) is 23.7 Å². The largest absolute Gasteiger partial charge is 0.340 e. The summed E-state index contributed by atoms with van der Waals surface area (Å²) in [6, 6.07) is 0. The Bertz CT molecular complexity index is 388. The molecule has 1 spiro atoms. The van der Waals surface area contributed by atoms with Gasteiger partial charge in [0, 0.05) is 11.8 Å². The van der Waals surface area contributed by atoms with Crippen molar-refractivity contribution in [3.8, 4) is 0 Å². The number of ether oxygens (including phenoxy) is 1. The first-order valence-corrected chi connectivity index (χ1v) is 8.30. The van der Waals surface area contributed by atoms with Crippen LogP contribution in [0.5, 0.6) is 0 Å². The minimum atomic E-state index is -0.444. The van der Waals surface area contributed by atoms with Crippen molar-refractivity contribution in [2.75, 3.05) is 0 Å². The van der Waals surface area contributed by atoms with Gasteiger partial charge in [0.05, 0.1) is 6.10 Å². The van der Waals surface area contributed by atoms with Gasteiger partial charge in [-0.15, -0.1) is 0 Å². The lowest BCUT2D eigenvalue weighted by molar-refractivity contribution is -0.534. The maximum atomic E-state index is 6.57. The van der Waals surface area contributed by atoms with Gasteiger partial charge in [-0.1, -0.05) is 13.5 Å². The van der Waals surface area contributed by atoms with Crippen molar-refractivity contribution in [1.82, 2.24) is 0 Å². The van der Waals surface area contributed by atoms with Gasteiger partial charge in [0.25, 0.3) is 0 Å². The third-order valence-electron chi connectivity index (χ3n) is 6.12. The average molecular weight is 278 g/mol. The van der Waals surface area contributed by atoms with Crippen LogP contribution in [-0.2, 0) is 14.5 Å². The normalized spacial score (nSPS) is 53.5. The molecular weight excluding hydrogens is 252 g/mol. The fourth-order valence-electron chi connectivity index (χ4n) is 5.37. The molecule has 112 valence electrons. The first-order chi connectivity index (χ1) is 9.62. The van der Waals surface area contributed by atoms with Crippen LogP contribution in [0.25, 0.3) is 0 Å². The summed E-state index contributed by atoms with van der Waals surface area (Å²) in [5, 5.41) is 0. The Balaban J connectivity index is 1.61. The highest BCUT2D eigenvalue weighted by Crippen LogP contribution is 2.61. The Hall–Kier alpha value is -0.380. The van der Waals surface area contributed by atoms with E-state index in [1.165, 1.54) is 32.1 Å². The molecule has 1 heterocycles. The predicted molar refractivity (Wildman–Crippen MR) is 75.7 cm³/mol. The topological polar surface area (TPSA) is 27.7 Å². The molecule has 0 aromatic rings. The zero-order valence-electron chi connectivity index (χ0n) is 12.6. The highest BCUT2D eigenvalue weighted by molar-refractivity contribution is 5.08. The molecule has 0 amide bonds. The summed E-state index contributed by atoms with van der Waals surface area (Å²) in [7, 11) is 0. The van der Waals surface area contributed by atoms with Gasteiger partial charge in [-0.2, -0.15) is 4.89 Å². The van der Waals surface area contributed by atoms with E-state index in [0.717, 1.165) is 23.8 Å². The molecule has 0 aromatic carbocycles. The maximum Gasteiger partial charge on any atom is 0.207 e. The molecule has 4 saturated carbocycles. The second kappa shape index (κ2) is 4.56. The Morgan fingerprint density at radius 3 is 2.20 bits per heavy atom. The molecule has 4 aliphatic carbocycles. The first kappa shape index (κ1) is 13.3. The van der Waals surface area contributed by atoms with Crippen LogP contribution in [0, 0.1) is 23.7 Å². The third-order valence-corrected chi connectivity index (χ3v) is 6.12. The molecule has 5 fully saturated rings. The fraction of sp³-hybridized carbons (Fsp3) is 0.882. The molecule has 0 N–H and O–H groups in total. The molecule has 0 aromatic heterocycles. The number of hydrogen-bond donors (Lipinski definition) is 0. The van der Waals surface area contributed by atoms with Gasteiger partial charge in [0.2, 0.25) is 5.79 Å². The summed E-state index contributed by atoms with van der Waals surface area (Å²) >= 11 is 0. The Morgan fingerprint density at radius 2 is 1.70 bits per heavy atom. The van der Waals surface area contributed by atoms with E-state index < -0.39 is 5.79 Å². The van der Waals surface area contributed by atoms with Crippen molar-refractivity contribution >= 4 is 0 Å². The SMILES string of the molecule is C=C(C)[C@@H]1OOC2(O[C@H]1CC)C1CC3CC(C1)CC2C3. The molecule has 0 unspecified atom stereocenters. The monoisotopic (exact) mass is 278 g/mol. The van der Waals surface area contributed by atoms with Gasteiger partial charge in [-0.3, -0.25) is 0 Å². The van der Waals surface area contributed by atoms with Gasteiger partial charge >= 0.3 is 0 Å². The molecule has 5 rings (SSSR count). The summed E-state index contributed by atoms with van der Waals surface area (Å²) in [5.74, 6) is 2.46. The molecular formula is C17H26O3. The van der Waals surface area contributed by atoms with E-state index >= 15 is 0 Å². The Labute approximate surface area is 121 Å². The molecule has 4 bridgehead atoms. The molecule has 3 nitrogen and oxygen atoms in total. The zero-order valence-corrected chi connectivity index (χ0v) is 12.6. The van der Waals surface area contributed by atoms with Gasteiger partial charge in [-0.25, -0.2) is 4.89 Å². The van der Waals surface area contributed by atoms with Crippen molar-refractivity contribution in [3.05, 3.63) is 12.2 Å². The fourth-order valence-corrected chi connectivity index (χ4v) is 5.37. The van der Waals surface area contributed by atoms with Crippen molar-refractivity contribution in [2.45, 2.75) is 70.4 Å². The third kappa shape index (κ3) is 1.76. The van der Waals surface area contributed by atoms with Gasteiger partial charge in [0.1, 0.15) is 6.10 Å². The van der Waals surface area contributed by atoms with Crippen molar-refractivity contribution in [3.63, 3.8) is 0 Å². The minimum absolute atomic E-state index is 0.0961. The number of hydrogen-bond acceptors (Lipinski definition) is 3. The summed E-state index contributed by atoms with van der Waals surface area (Å²) < 4.78 is 6.57. The minimum Gasteiger partial charge on any atom is -0.340 e.